The van der Waals surface area contributed by atoms with E-state index in [1.807, 2.05) is 12.1 Å². The van der Waals surface area contributed by atoms with E-state index >= 15 is 0 Å². The Morgan fingerprint density at radius 3 is 2.62 bits per heavy atom. The lowest BCUT2D eigenvalue weighted by molar-refractivity contribution is 0.341. The molecule has 3 nitrogen and oxygen atoms in total. The van der Waals surface area contributed by atoms with Gasteiger partial charge in [0.15, 0.2) is 11.5 Å². The summed E-state index contributed by atoms with van der Waals surface area (Å²) in [6.07, 6.45) is 5.71. The molecule has 0 spiro atoms. The molecule has 0 bridgehead atoms. The molecule has 1 N–H and O–H groups in total. The summed E-state index contributed by atoms with van der Waals surface area (Å²) in [6.45, 7) is 0. The molecule has 0 amide bonds. The minimum atomic E-state index is 0.182. The first-order valence-corrected chi connectivity index (χ1v) is 8.96. The average Bonchev–Trinajstić information content (AvgIpc) is 3.10. The Morgan fingerprint density at radius 1 is 1.04 bits per heavy atom. The smallest absolute Gasteiger partial charge is 0.165 e. The predicted molar refractivity (Wildman–Crippen MR) is 100 cm³/mol. The number of methoxy groups -OCH3 is 2. The number of halogens is 1. The Balaban J connectivity index is 1.85. The van der Waals surface area contributed by atoms with Crippen LogP contribution in [0.15, 0.2) is 53.0 Å². The molecule has 1 aliphatic heterocycles. The number of anilines is 1. The van der Waals surface area contributed by atoms with Gasteiger partial charge in [-0.1, -0.05) is 36.4 Å². The molecule has 2 aromatic rings. The van der Waals surface area contributed by atoms with Gasteiger partial charge < -0.3 is 14.8 Å². The highest BCUT2D eigenvalue weighted by molar-refractivity contribution is 9.10. The molecule has 24 heavy (non-hydrogen) atoms. The summed E-state index contributed by atoms with van der Waals surface area (Å²) in [4.78, 5) is 0. The van der Waals surface area contributed by atoms with Crippen molar-refractivity contribution in [3.05, 3.63) is 64.1 Å². The maximum absolute atomic E-state index is 5.69. The summed E-state index contributed by atoms with van der Waals surface area (Å²) in [7, 11) is 3.39. The number of rotatable bonds is 3. The van der Waals surface area contributed by atoms with E-state index in [9.17, 15) is 0 Å². The van der Waals surface area contributed by atoms with Gasteiger partial charge in [0.05, 0.1) is 25.9 Å². The third kappa shape index (κ3) is 2.32. The molecule has 0 saturated carbocycles. The van der Waals surface area contributed by atoms with Gasteiger partial charge in [-0.3, -0.25) is 0 Å². The van der Waals surface area contributed by atoms with E-state index in [4.69, 9.17) is 9.47 Å². The van der Waals surface area contributed by atoms with Crippen LogP contribution in [0.3, 0.4) is 0 Å². The molecule has 0 aromatic heterocycles. The van der Waals surface area contributed by atoms with Gasteiger partial charge in [-0.05, 0) is 46.0 Å². The Morgan fingerprint density at radius 2 is 1.83 bits per heavy atom. The van der Waals surface area contributed by atoms with Crippen molar-refractivity contribution in [1.82, 2.24) is 0 Å². The van der Waals surface area contributed by atoms with Gasteiger partial charge in [-0.25, -0.2) is 0 Å². The molecule has 0 fully saturated rings. The van der Waals surface area contributed by atoms with E-state index in [1.54, 1.807) is 14.2 Å². The zero-order valence-corrected chi connectivity index (χ0v) is 15.3. The largest absolute Gasteiger partial charge is 0.493 e. The fourth-order valence-corrected chi connectivity index (χ4v) is 4.54. The number of hydrogen-bond donors (Lipinski definition) is 1. The molecule has 0 unspecified atom stereocenters. The Hall–Kier alpha value is -1.94. The first-order valence-electron chi connectivity index (χ1n) is 8.17. The highest BCUT2D eigenvalue weighted by Gasteiger charge is 2.39. The molecule has 1 heterocycles. The van der Waals surface area contributed by atoms with Crippen molar-refractivity contribution in [2.24, 2.45) is 5.92 Å². The number of allylic oxidation sites excluding steroid dienone is 2. The van der Waals surface area contributed by atoms with E-state index in [0.29, 0.717) is 11.8 Å². The van der Waals surface area contributed by atoms with E-state index in [-0.39, 0.29) is 6.04 Å². The SMILES string of the molecule is COc1cccc([C@@H]2Nc3c(Br)cccc3[C@H]3C=CC[C@@H]32)c1OC. The number of nitrogens with one attached hydrogen (secondary N) is 1. The van der Waals surface area contributed by atoms with Crippen LogP contribution in [0.1, 0.15) is 29.5 Å². The van der Waals surface area contributed by atoms with Gasteiger partial charge in [0.1, 0.15) is 0 Å². The van der Waals surface area contributed by atoms with Crippen LogP contribution in [0, 0.1) is 5.92 Å². The summed E-state index contributed by atoms with van der Waals surface area (Å²) in [5.41, 5.74) is 3.69. The second-order valence-electron chi connectivity index (χ2n) is 6.26. The summed E-state index contributed by atoms with van der Waals surface area (Å²) in [6, 6.07) is 12.7. The number of benzene rings is 2. The molecule has 0 radical (unpaired) electrons. The third-order valence-electron chi connectivity index (χ3n) is 5.11. The Labute approximate surface area is 150 Å². The van der Waals surface area contributed by atoms with Gasteiger partial charge in [-0.15, -0.1) is 0 Å². The van der Waals surface area contributed by atoms with Crippen LogP contribution in [0.5, 0.6) is 11.5 Å². The monoisotopic (exact) mass is 385 g/mol. The van der Waals surface area contributed by atoms with E-state index in [0.717, 1.165) is 28.0 Å². The fraction of sp³-hybridized carbons (Fsp3) is 0.300. The van der Waals surface area contributed by atoms with Crippen molar-refractivity contribution in [3.8, 4) is 11.5 Å². The molecule has 1 aliphatic carbocycles. The highest BCUT2D eigenvalue weighted by Crippen LogP contribution is 2.53. The number of ether oxygens (including phenoxy) is 2. The minimum absolute atomic E-state index is 0.182. The van der Waals surface area contributed by atoms with Crippen molar-refractivity contribution in [2.45, 2.75) is 18.4 Å². The molecule has 2 aliphatic rings. The van der Waals surface area contributed by atoms with Crippen molar-refractivity contribution in [2.75, 3.05) is 19.5 Å². The first kappa shape index (κ1) is 15.6. The first-order chi connectivity index (χ1) is 11.7. The lowest BCUT2D eigenvalue weighted by Crippen LogP contribution is -2.29. The topological polar surface area (TPSA) is 30.5 Å². The van der Waals surface area contributed by atoms with Gasteiger partial charge >= 0.3 is 0 Å². The van der Waals surface area contributed by atoms with Gasteiger partial charge in [0.25, 0.3) is 0 Å². The number of fused-ring (bicyclic) bond motifs is 3. The van der Waals surface area contributed by atoms with Crippen LogP contribution in [0.4, 0.5) is 5.69 Å². The normalized spacial score (nSPS) is 24.0. The summed E-state index contributed by atoms with van der Waals surface area (Å²) >= 11 is 3.70. The average molecular weight is 386 g/mol. The Bertz CT molecular complexity index is 802. The van der Waals surface area contributed by atoms with Crippen LogP contribution in [-0.4, -0.2) is 14.2 Å². The number of hydrogen-bond acceptors (Lipinski definition) is 3. The van der Waals surface area contributed by atoms with Crippen LogP contribution in [0.2, 0.25) is 0 Å². The van der Waals surface area contributed by atoms with Crippen molar-refractivity contribution >= 4 is 21.6 Å². The highest BCUT2D eigenvalue weighted by atomic mass is 79.9. The summed E-state index contributed by atoms with van der Waals surface area (Å²) < 4.78 is 12.3. The van der Waals surface area contributed by atoms with Crippen molar-refractivity contribution in [3.63, 3.8) is 0 Å². The quantitative estimate of drug-likeness (QED) is 0.727. The second-order valence-corrected chi connectivity index (χ2v) is 7.12. The molecule has 4 heteroatoms. The molecule has 0 saturated heterocycles. The van der Waals surface area contributed by atoms with Crippen LogP contribution in [-0.2, 0) is 0 Å². The summed E-state index contributed by atoms with van der Waals surface area (Å²) in [5, 5.41) is 3.76. The molecule has 3 atom stereocenters. The molecule has 124 valence electrons. The predicted octanol–water partition coefficient (Wildman–Crippen LogP) is 5.29. The third-order valence-corrected chi connectivity index (χ3v) is 5.78. The zero-order valence-electron chi connectivity index (χ0n) is 13.8. The van der Waals surface area contributed by atoms with Crippen molar-refractivity contribution < 1.29 is 9.47 Å². The van der Waals surface area contributed by atoms with Gasteiger partial charge in [0.2, 0.25) is 0 Å². The second kappa shape index (κ2) is 6.17. The number of para-hydroxylation sites is 2. The minimum Gasteiger partial charge on any atom is -0.493 e. The molecular weight excluding hydrogens is 366 g/mol. The fourth-order valence-electron chi connectivity index (χ4n) is 4.05. The van der Waals surface area contributed by atoms with Gasteiger partial charge in [-0.2, -0.15) is 0 Å². The lowest BCUT2D eigenvalue weighted by atomic mass is 9.77. The maximum Gasteiger partial charge on any atom is 0.165 e. The summed E-state index contributed by atoms with van der Waals surface area (Å²) in [5.74, 6) is 2.50. The maximum atomic E-state index is 5.69. The molecule has 4 rings (SSSR count). The Kier molecular flexibility index (Phi) is 4.01. The lowest BCUT2D eigenvalue weighted by Gasteiger charge is -2.38. The molecule has 2 aromatic carbocycles. The van der Waals surface area contributed by atoms with Crippen LogP contribution >= 0.6 is 15.9 Å². The van der Waals surface area contributed by atoms with E-state index in [2.05, 4.69) is 57.7 Å². The standard InChI is InChI=1S/C20H20BrNO2/c1-23-17-11-5-9-15(20(17)24-2)18-13-7-3-6-12(13)14-8-4-10-16(21)19(14)22-18/h3-6,8-13,18,22H,7H2,1-2H3/t12-,13-,18+/m0/s1. The van der Waals surface area contributed by atoms with E-state index in [1.165, 1.54) is 11.3 Å². The van der Waals surface area contributed by atoms with Crippen LogP contribution < -0.4 is 14.8 Å². The zero-order chi connectivity index (χ0) is 16.7. The molecular formula is C20H20BrNO2. The van der Waals surface area contributed by atoms with Crippen molar-refractivity contribution in [1.29, 1.82) is 0 Å². The van der Waals surface area contributed by atoms with Crippen LogP contribution in [0.25, 0.3) is 0 Å². The van der Waals surface area contributed by atoms with E-state index < -0.39 is 0 Å². The van der Waals surface area contributed by atoms with Gasteiger partial charge in [0, 0.05) is 16.0 Å².